The number of amides is 2. The minimum Gasteiger partial charge on any atom is -0.497 e. The second kappa shape index (κ2) is 12.3. The first-order chi connectivity index (χ1) is 16.4. The number of anilines is 1. The van der Waals surface area contributed by atoms with Gasteiger partial charge in [0.1, 0.15) is 18.3 Å². The average Bonchev–Trinajstić information content (AvgIpc) is 2.76. The highest BCUT2D eigenvalue weighted by Gasteiger charge is 2.32. The van der Waals surface area contributed by atoms with E-state index in [9.17, 15) is 18.0 Å². The van der Waals surface area contributed by atoms with E-state index >= 15 is 0 Å². The molecule has 2 rings (SSSR count). The number of halogens is 1. The van der Waals surface area contributed by atoms with E-state index in [0.717, 1.165) is 16.1 Å². The zero-order chi connectivity index (χ0) is 26.3. The fourth-order valence-electron chi connectivity index (χ4n) is 3.76. The summed E-state index contributed by atoms with van der Waals surface area (Å²) in [6, 6.07) is 11.1. The maximum absolute atomic E-state index is 13.7. The van der Waals surface area contributed by atoms with Crippen LogP contribution in [0.5, 0.6) is 5.75 Å². The molecule has 0 aliphatic carbocycles. The maximum atomic E-state index is 13.7. The quantitative estimate of drug-likeness (QED) is 0.484. The number of carbonyl (C=O) groups is 2. The highest BCUT2D eigenvalue weighted by molar-refractivity contribution is 7.92. The van der Waals surface area contributed by atoms with Gasteiger partial charge in [0.05, 0.1) is 19.1 Å². The van der Waals surface area contributed by atoms with Gasteiger partial charge in [-0.25, -0.2) is 8.42 Å². The lowest BCUT2D eigenvalue weighted by Crippen LogP contribution is -2.53. The van der Waals surface area contributed by atoms with Gasteiger partial charge in [-0.15, -0.1) is 0 Å². The van der Waals surface area contributed by atoms with E-state index in [1.807, 2.05) is 26.8 Å². The first-order valence-electron chi connectivity index (χ1n) is 11.3. The van der Waals surface area contributed by atoms with Crippen molar-refractivity contribution in [1.82, 2.24) is 10.2 Å². The van der Waals surface area contributed by atoms with Crippen LogP contribution < -0.4 is 14.4 Å². The van der Waals surface area contributed by atoms with Crippen LogP contribution in [0.25, 0.3) is 0 Å². The van der Waals surface area contributed by atoms with Crippen molar-refractivity contribution in [3.8, 4) is 5.75 Å². The van der Waals surface area contributed by atoms with Crippen LogP contribution in [0.4, 0.5) is 5.69 Å². The van der Waals surface area contributed by atoms with Crippen molar-refractivity contribution in [3.05, 3.63) is 58.6 Å². The lowest BCUT2D eigenvalue weighted by atomic mass is 10.1. The summed E-state index contributed by atoms with van der Waals surface area (Å²) in [7, 11) is -2.27. The van der Waals surface area contributed by atoms with Crippen LogP contribution in [-0.2, 0) is 26.2 Å². The molecule has 0 aliphatic rings. The van der Waals surface area contributed by atoms with Crippen molar-refractivity contribution in [1.29, 1.82) is 0 Å². The largest absolute Gasteiger partial charge is 0.497 e. The smallest absolute Gasteiger partial charge is 0.244 e. The fourth-order valence-corrected chi connectivity index (χ4v) is 4.89. The van der Waals surface area contributed by atoms with E-state index in [0.29, 0.717) is 28.4 Å². The van der Waals surface area contributed by atoms with Crippen LogP contribution in [0.15, 0.2) is 42.5 Å². The molecule has 2 aromatic carbocycles. The van der Waals surface area contributed by atoms with E-state index in [4.69, 9.17) is 16.3 Å². The third-order valence-corrected chi connectivity index (χ3v) is 6.77. The van der Waals surface area contributed by atoms with E-state index in [1.165, 1.54) is 4.90 Å². The van der Waals surface area contributed by atoms with Gasteiger partial charge in [-0.05, 0) is 68.7 Å². The molecule has 0 saturated carbocycles. The van der Waals surface area contributed by atoms with E-state index in [2.05, 4.69) is 5.32 Å². The summed E-state index contributed by atoms with van der Waals surface area (Å²) in [5.74, 6) is -0.185. The molecule has 192 valence electrons. The lowest BCUT2D eigenvalue weighted by Gasteiger charge is -2.33. The molecular formula is C25H34ClN3O5S. The normalized spacial score (nSPS) is 12.2. The molecule has 8 nitrogen and oxygen atoms in total. The molecule has 0 aliphatic heterocycles. The van der Waals surface area contributed by atoms with E-state index in [-0.39, 0.29) is 18.5 Å². The molecule has 2 aromatic rings. The molecule has 0 aromatic heterocycles. The van der Waals surface area contributed by atoms with Crippen LogP contribution in [0, 0.1) is 6.92 Å². The van der Waals surface area contributed by atoms with Crippen molar-refractivity contribution in [2.75, 3.05) is 24.2 Å². The Morgan fingerprint density at radius 2 is 1.83 bits per heavy atom. The Labute approximate surface area is 213 Å². The van der Waals surface area contributed by atoms with Crippen molar-refractivity contribution in [2.45, 2.75) is 52.7 Å². The first kappa shape index (κ1) is 28.5. The number of nitrogens with one attached hydrogen (secondary N) is 1. The van der Waals surface area contributed by atoms with E-state index in [1.54, 1.807) is 50.4 Å². The molecule has 0 saturated heterocycles. The number of hydrogen-bond donors (Lipinski definition) is 1. The summed E-state index contributed by atoms with van der Waals surface area (Å²) in [6.45, 7) is 6.87. The number of rotatable bonds is 11. The van der Waals surface area contributed by atoms with Crippen LogP contribution in [-0.4, -0.2) is 57.1 Å². The minimum absolute atomic E-state index is 0.108. The number of nitrogens with zero attached hydrogens (tertiary/aromatic N) is 2. The Kier molecular flexibility index (Phi) is 9.97. The topological polar surface area (TPSA) is 96.0 Å². The Morgan fingerprint density at radius 1 is 1.14 bits per heavy atom. The lowest BCUT2D eigenvalue weighted by molar-refractivity contribution is -0.140. The van der Waals surface area contributed by atoms with E-state index < -0.39 is 28.5 Å². The Morgan fingerprint density at radius 3 is 2.37 bits per heavy atom. The average molecular weight is 524 g/mol. The molecule has 0 bridgehead atoms. The van der Waals surface area contributed by atoms with Crippen LogP contribution in [0.3, 0.4) is 0 Å². The third kappa shape index (κ3) is 7.86. The van der Waals surface area contributed by atoms with Gasteiger partial charge in [-0.3, -0.25) is 13.9 Å². The molecule has 2 amide bonds. The molecule has 35 heavy (non-hydrogen) atoms. The molecule has 10 heteroatoms. The highest BCUT2D eigenvalue weighted by Crippen LogP contribution is 2.26. The zero-order valence-corrected chi connectivity index (χ0v) is 22.6. The van der Waals surface area contributed by atoms with Crippen molar-refractivity contribution in [2.24, 2.45) is 0 Å². The standard InChI is InChI=1S/C25H34ClN3O5S/c1-7-22(25(31)27-17(2)3)28(15-19-9-8-10-21(14-19)34-5)24(30)16-29(35(6,32)33)23-12-11-20(26)13-18(23)4/h8-14,17,22H,7,15-16H2,1-6H3,(H,27,31)/t22-/m0/s1. The summed E-state index contributed by atoms with van der Waals surface area (Å²) in [6.07, 6.45) is 1.40. The van der Waals surface area contributed by atoms with Gasteiger partial charge < -0.3 is 15.0 Å². The van der Waals surface area contributed by atoms with Gasteiger partial charge in [0, 0.05) is 17.6 Å². The fraction of sp³-hybridized carbons (Fsp3) is 0.440. The van der Waals surface area contributed by atoms with Crippen LogP contribution in [0.1, 0.15) is 38.3 Å². The molecule has 0 heterocycles. The number of carbonyl (C=O) groups excluding carboxylic acids is 2. The monoisotopic (exact) mass is 523 g/mol. The molecule has 1 atom stereocenters. The third-order valence-electron chi connectivity index (χ3n) is 5.41. The van der Waals surface area contributed by atoms with Gasteiger partial charge in [0.25, 0.3) is 0 Å². The molecule has 0 spiro atoms. The number of methoxy groups -OCH3 is 1. The van der Waals surface area contributed by atoms with Crippen LogP contribution in [0.2, 0.25) is 5.02 Å². The summed E-state index contributed by atoms with van der Waals surface area (Å²) in [4.78, 5) is 28.1. The van der Waals surface area contributed by atoms with Crippen molar-refractivity contribution in [3.63, 3.8) is 0 Å². The maximum Gasteiger partial charge on any atom is 0.244 e. The Balaban J connectivity index is 2.49. The molecule has 0 radical (unpaired) electrons. The SMILES string of the molecule is CC[C@@H](C(=O)NC(C)C)N(Cc1cccc(OC)c1)C(=O)CN(c1ccc(Cl)cc1C)S(C)(=O)=O. The Bertz CT molecular complexity index is 1150. The summed E-state index contributed by atoms with van der Waals surface area (Å²) >= 11 is 6.05. The molecular weight excluding hydrogens is 490 g/mol. The number of ether oxygens (including phenoxy) is 1. The van der Waals surface area contributed by atoms with Gasteiger partial charge in [0.2, 0.25) is 21.8 Å². The second-order valence-electron chi connectivity index (χ2n) is 8.66. The number of hydrogen-bond acceptors (Lipinski definition) is 5. The van der Waals surface area contributed by atoms with Gasteiger partial charge in [-0.1, -0.05) is 30.7 Å². The highest BCUT2D eigenvalue weighted by atomic mass is 35.5. The van der Waals surface area contributed by atoms with Gasteiger partial charge >= 0.3 is 0 Å². The minimum atomic E-state index is -3.81. The molecule has 0 fully saturated rings. The van der Waals surface area contributed by atoms with Crippen LogP contribution >= 0.6 is 11.6 Å². The number of benzene rings is 2. The predicted octanol–water partition coefficient (Wildman–Crippen LogP) is 3.76. The summed E-state index contributed by atoms with van der Waals surface area (Å²) < 4.78 is 31.8. The number of aryl methyl sites for hydroxylation is 1. The second-order valence-corrected chi connectivity index (χ2v) is 11.0. The van der Waals surface area contributed by atoms with Gasteiger partial charge in [-0.2, -0.15) is 0 Å². The summed E-state index contributed by atoms with van der Waals surface area (Å²) in [5, 5.41) is 3.32. The first-order valence-corrected chi connectivity index (χ1v) is 13.6. The molecule has 0 unspecified atom stereocenters. The predicted molar refractivity (Wildman–Crippen MR) is 139 cm³/mol. The Hall–Kier alpha value is -2.78. The van der Waals surface area contributed by atoms with Crippen molar-refractivity contribution >= 4 is 39.1 Å². The summed E-state index contributed by atoms with van der Waals surface area (Å²) in [5.41, 5.74) is 1.72. The zero-order valence-electron chi connectivity index (χ0n) is 21.0. The van der Waals surface area contributed by atoms with Gasteiger partial charge in [0.15, 0.2) is 0 Å². The molecule has 1 N–H and O–H groups in total. The number of sulfonamides is 1. The van der Waals surface area contributed by atoms with Crippen molar-refractivity contribution < 1.29 is 22.7 Å².